The molecule has 0 aromatic carbocycles. The van der Waals surface area contributed by atoms with Crippen LogP contribution < -0.4 is 5.73 Å². The van der Waals surface area contributed by atoms with Gasteiger partial charge in [-0.15, -0.1) is 0 Å². The Balaban J connectivity index is 2.34. The van der Waals surface area contributed by atoms with E-state index in [0.717, 1.165) is 32.5 Å². The van der Waals surface area contributed by atoms with Crippen molar-refractivity contribution in [1.29, 1.82) is 0 Å². The standard InChI is InChI=1S/C13H25NO/c1-4-15-7-5-6-11-8-12(14)10-13(2,3)9-11/h8,12H,4-7,9-10,14H2,1-3H3. The fourth-order valence-electron chi connectivity index (χ4n) is 2.46. The molecule has 0 bridgehead atoms. The lowest BCUT2D eigenvalue weighted by atomic mass is 9.74. The molecule has 0 radical (unpaired) electrons. The Morgan fingerprint density at radius 2 is 2.27 bits per heavy atom. The van der Waals surface area contributed by atoms with Crippen molar-refractivity contribution < 1.29 is 4.74 Å². The third-order valence-corrected chi connectivity index (χ3v) is 2.93. The molecular weight excluding hydrogens is 186 g/mol. The highest BCUT2D eigenvalue weighted by atomic mass is 16.5. The molecule has 2 heteroatoms. The Morgan fingerprint density at radius 1 is 1.53 bits per heavy atom. The molecule has 0 aromatic heterocycles. The molecular formula is C13H25NO. The molecule has 0 spiro atoms. The number of hydrogen-bond acceptors (Lipinski definition) is 2. The summed E-state index contributed by atoms with van der Waals surface area (Å²) in [6.07, 6.45) is 6.85. The summed E-state index contributed by atoms with van der Waals surface area (Å²) in [6, 6.07) is 0.260. The van der Waals surface area contributed by atoms with Crippen LogP contribution in [0.2, 0.25) is 0 Å². The molecule has 0 amide bonds. The highest BCUT2D eigenvalue weighted by molar-refractivity contribution is 5.14. The molecule has 0 aromatic rings. The van der Waals surface area contributed by atoms with E-state index in [-0.39, 0.29) is 6.04 Å². The van der Waals surface area contributed by atoms with E-state index in [2.05, 4.69) is 19.9 Å². The Hall–Kier alpha value is -0.340. The summed E-state index contributed by atoms with van der Waals surface area (Å²) in [5.41, 5.74) is 7.93. The minimum Gasteiger partial charge on any atom is -0.382 e. The van der Waals surface area contributed by atoms with Crippen LogP contribution in [0.5, 0.6) is 0 Å². The third kappa shape index (κ3) is 4.80. The van der Waals surface area contributed by atoms with Crippen molar-refractivity contribution in [2.45, 2.75) is 52.5 Å². The number of hydrogen-bond donors (Lipinski definition) is 1. The maximum Gasteiger partial charge on any atom is 0.0468 e. The molecule has 1 aliphatic rings. The van der Waals surface area contributed by atoms with Crippen LogP contribution in [0, 0.1) is 5.41 Å². The normalized spacial score (nSPS) is 25.1. The van der Waals surface area contributed by atoms with Crippen LogP contribution >= 0.6 is 0 Å². The summed E-state index contributed by atoms with van der Waals surface area (Å²) in [5.74, 6) is 0. The van der Waals surface area contributed by atoms with Crippen LogP contribution in [0.1, 0.15) is 46.5 Å². The van der Waals surface area contributed by atoms with Crippen molar-refractivity contribution in [2.75, 3.05) is 13.2 Å². The summed E-state index contributed by atoms with van der Waals surface area (Å²) in [6.45, 7) is 8.36. The van der Waals surface area contributed by atoms with E-state index in [1.165, 1.54) is 12.0 Å². The zero-order chi connectivity index (χ0) is 11.3. The second kappa shape index (κ2) is 5.66. The van der Waals surface area contributed by atoms with Gasteiger partial charge in [0.2, 0.25) is 0 Å². The Labute approximate surface area is 93.9 Å². The minimum atomic E-state index is 0.260. The molecule has 1 aliphatic carbocycles. The molecule has 1 unspecified atom stereocenters. The lowest BCUT2D eigenvalue weighted by molar-refractivity contribution is 0.144. The van der Waals surface area contributed by atoms with Crippen LogP contribution in [0.3, 0.4) is 0 Å². The minimum absolute atomic E-state index is 0.260. The first kappa shape index (κ1) is 12.7. The predicted molar refractivity (Wildman–Crippen MR) is 64.8 cm³/mol. The molecule has 15 heavy (non-hydrogen) atoms. The Morgan fingerprint density at radius 3 is 2.87 bits per heavy atom. The van der Waals surface area contributed by atoms with E-state index in [1.807, 2.05) is 6.92 Å². The van der Waals surface area contributed by atoms with Crippen molar-refractivity contribution in [1.82, 2.24) is 0 Å². The second-order valence-electron chi connectivity index (χ2n) is 5.33. The first-order valence-electron chi connectivity index (χ1n) is 6.06. The Bertz CT molecular complexity index is 221. The highest BCUT2D eigenvalue weighted by Crippen LogP contribution is 2.36. The van der Waals surface area contributed by atoms with Gasteiger partial charge >= 0.3 is 0 Å². The molecule has 0 heterocycles. The van der Waals surface area contributed by atoms with Crippen LogP contribution in [-0.4, -0.2) is 19.3 Å². The van der Waals surface area contributed by atoms with Gasteiger partial charge in [0.05, 0.1) is 0 Å². The number of rotatable bonds is 5. The van der Waals surface area contributed by atoms with Crippen molar-refractivity contribution in [3.63, 3.8) is 0 Å². The first-order valence-corrected chi connectivity index (χ1v) is 6.06. The average molecular weight is 211 g/mol. The zero-order valence-electron chi connectivity index (χ0n) is 10.4. The van der Waals surface area contributed by atoms with Gasteiger partial charge in [0.25, 0.3) is 0 Å². The van der Waals surface area contributed by atoms with Crippen LogP contribution in [0.15, 0.2) is 11.6 Å². The van der Waals surface area contributed by atoms with Crippen molar-refractivity contribution in [3.05, 3.63) is 11.6 Å². The molecule has 2 N–H and O–H groups in total. The largest absolute Gasteiger partial charge is 0.382 e. The van der Waals surface area contributed by atoms with Gasteiger partial charge in [0, 0.05) is 19.3 Å². The predicted octanol–water partition coefficient (Wildman–Crippen LogP) is 2.88. The fourth-order valence-corrected chi connectivity index (χ4v) is 2.46. The van der Waals surface area contributed by atoms with E-state index in [1.54, 1.807) is 0 Å². The van der Waals surface area contributed by atoms with Gasteiger partial charge in [-0.2, -0.15) is 0 Å². The number of nitrogens with two attached hydrogens (primary N) is 1. The van der Waals surface area contributed by atoms with E-state index in [4.69, 9.17) is 10.5 Å². The summed E-state index contributed by atoms with van der Waals surface area (Å²) in [4.78, 5) is 0. The molecule has 0 saturated heterocycles. The van der Waals surface area contributed by atoms with Crippen LogP contribution in [-0.2, 0) is 4.74 Å². The van der Waals surface area contributed by atoms with Crippen molar-refractivity contribution in [2.24, 2.45) is 11.1 Å². The molecule has 0 aliphatic heterocycles. The molecule has 0 fully saturated rings. The monoisotopic (exact) mass is 211 g/mol. The highest BCUT2D eigenvalue weighted by Gasteiger charge is 2.26. The van der Waals surface area contributed by atoms with Crippen LogP contribution in [0.25, 0.3) is 0 Å². The van der Waals surface area contributed by atoms with Gasteiger partial charge in [-0.3, -0.25) is 0 Å². The lowest BCUT2D eigenvalue weighted by Crippen LogP contribution is -2.31. The SMILES string of the molecule is CCOCCCC1=CC(N)CC(C)(C)C1. The van der Waals surface area contributed by atoms with Gasteiger partial charge in [-0.25, -0.2) is 0 Å². The molecule has 0 saturated carbocycles. The van der Waals surface area contributed by atoms with Gasteiger partial charge in [-0.05, 0) is 38.0 Å². The van der Waals surface area contributed by atoms with Gasteiger partial charge in [-0.1, -0.05) is 25.5 Å². The van der Waals surface area contributed by atoms with Crippen molar-refractivity contribution in [3.8, 4) is 0 Å². The third-order valence-electron chi connectivity index (χ3n) is 2.93. The maximum absolute atomic E-state index is 6.02. The van der Waals surface area contributed by atoms with Gasteiger partial charge in [0.15, 0.2) is 0 Å². The van der Waals surface area contributed by atoms with E-state index in [0.29, 0.717) is 5.41 Å². The summed E-state index contributed by atoms with van der Waals surface area (Å²) in [7, 11) is 0. The van der Waals surface area contributed by atoms with Crippen molar-refractivity contribution >= 4 is 0 Å². The first-order chi connectivity index (χ1) is 7.03. The summed E-state index contributed by atoms with van der Waals surface area (Å²) >= 11 is 0. The Kier molecular flexibility index (Phi) is 4.81. The van der Waals surface area contributed by atoms with E-state index in [9.17, 15) is 0 Å². The fraction of sp³-hybridized carbons (Fsp3) is 0.846. The van der Waals surface area contributed by atoms with Crippen LogP contribution in [0.4, 0.5) is 0 Å². The molecule has 88 valence electrons. The summed E-state index contributed by atoms with van der Waals surface area (Å²) < 4.78 is 5.34. The topological polar surface area (TPSA) is 35.2 Å². The number of ether oxygens (including phenoxy) is 1. The van der Waals surface area contributed by atoms with Gasteiger partial charge in [0.1, 0.15) is 0 Å². The van der Waals surface area contributed by atoms with E-state index < -0.39 is 0 Å². The lowest BCUT2D eigenvalue weighted by Gasteiger charge is -2.33. The molecule has 1 atom stereocenters. The quantitative estimate of drug-likeness (QED) is 0.560. The summed E-state index contributed by atoms with van der Waals surface area (Å²) in [5, 5.41) is 0. The average Bonchev–Trinajstić information content (AvgIpc) is 2.09. The van der Waals surface area contributed by atoms with E-state index >= 15 is 0 Å². The maximum atomic E-state index is 6.02. The number of allylic oxidation sites excluding steroid dienone is 1. The second-order valence-corrected chi connectivity index (χ2v) is 5.33. The zero-order valence-corrected chi connectivity index (χ0v) is 10.4. The smallest absolute Gasteiger partial charge is 0.0468 e. The van der Waals surface area contributed by atoms with Gasteiger partial charge < -0.3 is 10.5 Å². The molecule has 2 nitrogen and oxygen atoms in total. The molecule has 1 rings (SSSR count).